The number of aliphatic hydroxyl groups is 1. The normalized spacial score (nSPS) is 35.8. The van der Waals surface area contributed by atoms with Crippen molar-refractivity contribution in [2.75, 3.05) is 26.2 Å². The molecular formula is C14H26N2O3S. The van der Waals surface area contributed by atoms with Crippen LogP contribution >= 0.6 is 0 Å². The molecule has 2 N–H and O–H groups in total. The summed E-state index contributed by atoms with van der Waals surface area (Å²) in [4.78, 5) is 0. The standard InChI is InChI=1S/C14H26N2O3S/c17-10-11-3-5-16(6-4-11)20(18,19)15-9-14-8-12-1-2-13(14)7-12/h11-15,17H,1-10H2. The monoisotopic (exact) mass is 302 g/mol. The van der Waals surface area contributed by atoms with Gasteiger partial charge in [0.25, 0.3) is 10.2 Å². The molecule has 5 nitrogen and oxygen atoms in total. The molecule has 0 amide bonds. The van der Waals surface area contributed by atoms with E-state index in [1.54, 1.807) is 4.31 Å². The average molecular weight is 302 g/mol. The van der Waals surface area contributed by atoms with Crippen LogP contribution in [0, 0.1) is 23.7 Å². The summed E-state index contributed by atoms with van der Waals surface area (Å²) in [5.74, 6) is 2.43. The van der Waals surface area contributed by atoms with Gasteiger partial charge in [0.05, 0.1) is 0 Å². The molecule has 0 aromatic rings. The topological polar surface area (TPSA) is 69.6 Å². The molecule has 0 aromatic carbocycles. The minimum Gasteiger partial charge on any atom is -0.396 e. The van der Waals surface area contributed by atoms with E-state index in [0.29, 0.717) is 25.6 Å². The predicted molar refractivity (Wildman–Crippen MR) is 77.2 cm³/mol. The summed E-state index contributed by atoms with van der Waals surface area (Å²) < 4.78 is 29.0. The van der Waals surface area contributed by atoms with Gasteiger partial charge in [0, 0.05) is 26.2 Å². The molecule has 0 radical (unpaired) electrons. The van der Waals surface area contributed by atoms with E-state index in [4.69, 9.17) is 5.11 Å². The smallest absolute Gasteiger partial charge is 0.279 e. The zero-order chi connectivity index (χ0) is 14.2. The lowest BCUT2D eigenvalue weighted by Gasteiger charge is -2.31. The summed E-state index contributed by atoms with van der Waals surface area (Å²) in [5.41, 5.74) is 0. The first kappa shape index (κ1) is 14.8. The highest BCUT2D eigenvalue weighted by Gasteiger charge is 2.40. The van der Waals surface area contributed by atoms with E-state index >= 15 is 0 Å². The van der Waals surface area contributed by atoms with Gasteiger partial charge in [-0.15, -0.1) is 0 Å². The number of nitrogens with zero attached hydrogens (tertiary/aromatic N) is 1. The van der Waals surface area contributed by atoms with Crippen molar-refractivity contribution in [2.45, 2.75) is 38.5 Å². The molecule has 3 fully saturated rings. The van der Waals surface area contributed by atoms with E-state index in [1.807, 2.05) is 0 Å². The summed E-state index contributed by atoms with van der Waals surface area (Å²) in [6.07, 6.45) is 6.70. The van der Waals surface area contributed by atoms with Gasteiger partial charge in [-0.2, -0.15) is 12.7 Å². The van der Waals surface area contributed by atoms with E-state index in [1.165, 1.54) is 25.7 Å². The SMILES string of the molecule is O=S(=O)(NCC1CC2CCC1C2)N1CCC(CO)CC1. The first-order valence-electron chi connectivity index (χ1n) is 7.94. The highest BCUT2D eigenvalue weighted by Crippen LogP contribution is 2.48. The first-order chi connectivity index (χ1) is 9.58. The highest BCUT2D eigenvalue weighted by molar-refractivity contribution is 7.87. The van der Waals surface area contributed by atoms with Crippen LogP contribution in [0.3, 0.4) is 0 Å². The molecule has 0 spiro atoms. The highest BCUT2D eigenvalue weighted by atomic mass is 32.2. The second-order valence-corrected chi connectivity index (χ2v) is 8.57. The fourth-order valence-electron chi connectivity index (χ4n) is 4.26. The number of piperidine rings is 1. The molecule has 1 saturated heterocycles. The number of hydrogen-bond donors (Lipinski definition) is 2. The Hall–Kier alpha value is -0.170. The maximum absolute atomic E-state index is 12.3. The van der Waals surface area contributed by atoms with E-state index in [-0.39, 0.29) is 12.5 Å². The van der Waals surface area contributed by atoms with Crippen molar-refractivity contribution in [2.24, 2.45) is 23.7 Å². The van der Waals surface area contributed by atoms with E-state index in [0.717, 1.165) is 24.7 Å². The van der Waals surface area contributed by atoms with Gasteiger partial charge in [-0.05, 0) is 55.8 Å². The van der Waals surface area contributed by atoms with Gasteiger partial charge in [-0.25, -0.2) is 4.72 Å². The zero-order valence-electron chi connectivity index (χ0n) is 12.0. The molecule has 2 saturated carbocycles. The van der Waals surface area contributed by atoms with Crippen molar-refractivity contribution in [1.29, 1.82) is 0 Å². The summed E-state index contributed by atoms with van der Waals surface area (Å²) >= 11 is 0. The lowest BCUT2D eigenvalue weighted by molar-refractivity contribution is 0.169. The summed E-state index contributed by atoms with van der Waals surface area (Å²) in [5, 5.41) is 9.10. The van der Waals surface area contributed by atoms with Gasteiger partial charge in [-0.1, -0.05) is 6.42 Å². The van der Waals surface area contributed by atoms with Crippen molar-refractivity contribution >= 4 is 10.2 Å². The molecule has 0 aromatic heterocycles. The van der Waals surface area contributed by atoms with Crippen LogP contribution in [-0.2, 0) is 10.2 Å². The van der Waals surface area contributed by atoms with Gasteiger partial charge >= 0.3 is 0 Å². The van der Waals surface area contributed by atoms with Gasteiger partial charge in [0.1, 0.15) is 0 Å². The Morgan fingerprint density at radius 3 is 2.40 bits per heavy atom. The number of fused-ring (bicyclic) bond motifs is 2. The Bertz CT molecular complexity index is 432. The zero-order valence-corrected chi connectivity index (χ0v) is 12.8. The molecule has 3 atom stereocenters. The second kappa shape index (κ2) is 5.91. The van der Waals surface area contributed by atoms with E-state index in [9.17, 15) is 8.42 Å². The Morgan fingerprint density at radius 1 is 1.10 bits per heavy atom. The third-order valence-electron chi connectivity index (χ3n) is 5.58. The molecule has 2 bridgehead atoms. The lowest BCUT2D eigenvalue weighted by atomic mass is 9.89. The number of hydrogen-bond acceptors (Lipinski definition) is 3. The van der Waals surface area contributed by atoms with Crippen LogP contribution in [-0.4, -0.2) is 44.1 Å². The quantitative estimate of drug-likeness (QED) is 0.795. The molecule has 6 heteroatoms. The Morgan fingerprint density at radius 2 is 1.85 bits per heavy atom. The summed E-state index contributed by atoms with van der Waals surface area (Å²) in [6.45, 7) is 1.87. The Kier molecular flexibility index (Phi) is 4.36. The largest absolute Gasteiger partial charge is 0.396 e. The van der Waals surface area contributed by atoms with Crippen LogP contribution in [0.1, 0.15) is 38.5 Å². The minimum absolute atomic E-state index is 0.173. The van der Waals surface area contributed by atoms with Crippen LogP contribution < -0.4 is 4.72 Å². The number of aliphatic hydroxyl groups excluding tert-OH is 1. The van der Waals surface area contributed by atoms with E-state index in [2.05, 4.69) is 4.72 Å². The fraction of sp³-hybridized carbons (Fsp3) is 1.00. The maximum atomic E-state index is 12.3. The van der Waals surface area contributed by atoms with E-state index < -0.39 is 10.2 Å². The van der Waals surface area contributed by atoms with Crippen molar-refractivity contribution in [3.8, 4) is 0 Å². The molecular weight excluding hydrogens is 276 g/mol. The molecule has 3 unspecified atom stereocenters. The van der Waals surface area contributed by atoms with Gasteiger partial charge in [0.2, 0.25) is 0 Å². The Balaban J connectivity index is 1.49. The Labute approximate surface area is 121 Å². The predicted octanol–water partition coefficient (Wildman–Crippen LogP) is 0.961. The van der Waals surface area contributed by atoms with Crippen molar-refractivity contribution < 1.29 is 13.5 Å². The molecule has 3 rings (SSSR count). The molecule has 2 aliphatic carbocycles. The van der Waals surface area contributed by atoms with Gasteiger partial charge < -0.3 is 5.11 Å². The van der Waals surface area contributed by atoms with Crippen molar-refractivity contribution in [3.05, 3.63) is 0 Å². The van der Waals surface area contributed by atoms with Crippen LogP contribution in [0.15, 0.2) is 0 Å². The van der Waals surface area contributed by atoms with Crippen molar-refractivity contribution in [3.63, 3.8) is 0 Å². The summed E-state index contributed by atoms with van der Waals surface area (Å²) in [6, 6.07) is 0. The fourth-order valence-corrected chi connectivity index (χ4v) is 5.56. The van der Waals surface area contributed by atoms with Gasteiger partial charge in [0.15, 0.2) is 0 Å². The van der Waals surface area contributed by atoms with Crippen LogP contribution in [0.5, 0.6) is 0 Å². The number of nitrogens with one attached hydrogen (secondary N) is 1. The third-order valence-corrected chi connectivity index (χ3v) is 7.16. The summed E-state index contributed by atoms with van der Waals surface area (Å²) in [7, 11) is -3.32. The first-order valence-corrected chi connectivity index (χ1v) is 9.38. The maximum Gasteiger partial charge on any atom is 0.279 e. The molecule has 1 heterocycles. The van der Waals surface area contributed by atoms with Crippen molar-refractivity contribution in [1.82, 2.24) is 9.03 Å². The average Bonchev–Trinajstić information content (AvgIpc) is 3.08. The molecule has 1 aliphatic heterocycles. The molecule has 20 heavy (non-hydrogen) atoms. The molecule has 116 valence electrons. The van der Waals surface area contributed by atoms with Crippen LogP contribution in [0.25, 0.3) is 0 Å². The molecule has 3 aliphatic rings. The number of rotatable bonds is 5. The van der Waals surface area contributed by atoms with Gasteiger partial charge in [-0.3, -0.25) is 0 Å². The second-order valence-electron chi connectivity index (χ2n) is 6.81. The van der Waals surface area contributed by atoms with Crippen LogP contribution in [0.4, 0.5) is 0 Å². The minimum atomic E-state index is -3.32. The lowest BCUT2D eigenvalue weighted by Crippen LogP contribution is -2.46. The third kappa shape index (κ3) is 3.03. The van der Waals surface area contributed by atoms with Crippen LogP contribution in [0.2, 0.25) is 0 Å².